The first-order valence-corrected chi connectivity index (χ1v) is 15.4. The minimum absolute atomic E-state index is 0.0574. The fraction of sp³-hybridized carbons (Fsp3) is 0.697. The van der Waals surface area contributed by atoms with Gasteiger partial charge in [-0.3, -0.25) is 9.69 Å². The minimum atomic E-state index is -4.41. The number of piperidine rings is 1. The van der Waals surface area contributed by atoms with E-state index in [2.05, 4.69) is 33.0 Å². The number of ketones is 1. The van der Waals surface area contributed by atoms with Gasteiger partial charge in [0.05, 0.1) is 5.56 Å². The van der Waals surface area contributed by atoms with Crippen LogP contribution in [0, 0.1) is 34.0 Å². The highest BCUT2D eigenvalue weighted by atomic mass is 19.4. The van der Waals surface area contributed by atoms with Gasteiger partial charge in [-0.05, 0) is 91.2 Å². The highest BCUT2D eigenvalue weighted by molar-refractivity contribution is 5.94. The maximum Gasteiger partial charge on any atom is 0.416 e. The third kappa shape index (κ3) is 4.15. The average molecular weight is 557 g/mol. The quantitative estimate of drug-likeness (QED) is 0.408. The number of carbonyl (C=O) groups excluding carboxylic acids is 2. The number of fused-ring (bicyclic) bond motifs is 5. The van der Waals surface area contributed by atoms with Crippen LogP contribution in [-0.2, 0) is 11.0 Å². The molecule has 4 aliphatic carbocycles. The van der Waals surface area contributed by atoms with Gasteiger partial charge in [0.2, 0.25) is 0 Å². The van der Waals surface area contributed by atoms with Crippen molar-refractivity contribution in [1.29, 1.82) is 0 Å². The van der Waals surface area contributed by atoms with Gasteiger partial charge in [0.15, 0.2) is 5.78 Å². The number of allylic oxidation sites excluding steroid dienone is 2. The number of likely N-dealkylation sites (tertiary alicyclic amines) is 1. The lowest BCUT2D eigenvalue weighted by Gasteiger charge is -2.61. The Bertz CT molecular complexity index is 1220. The van der Waals surface area contributed by atoms with Crippen molar-refractivity contribution in [2.75, 3.05) is 6.54 Å². The van der Waals surface area contributed by atoms with Gasteiger partial charge in [-0.1, -0.05) is 46.2 Å². The van der Waals surface area contributed by atoms with Crippen LogP contribution in [0.3, 0.4) is 0 Å². The Hall–Kier alpha value is -2.31. The molecule has 4 nitrogen and oxygen atoms in total. The summed E-state index contributed by atoms with van der Waals surface area (Å²) in [6.07, 6.45) is 6.28. The number of hydrogen-bond donors (Lipinski definition) is 1. The molecule has 1 saturated heterocycles. The van der Waals surface area contributed by atoms with Crippen molar-refractivity contribution in [3.05, 3.63) is 47.2 Å². The van der Waals surface area contributed by atoms with Gasteiger partial charge in [0.1, 0.15) is 0 Å². The average Bonchev–Trinajstić information content (AvgIpc) is 3.46. The lowest BCUT2D eigenvalue weighted by molar-refractivity contribution is -0.137. The molecule has 40 heavy (non-hydrogen) atoms. The van der Waals surface area contributed by atoms with E-state index in [0.717, 1.165) is 61.9 Å². The standard InChI is InChI=1S/C33H43F3N2O2/c1-5-32(6-2)18-27(32)37-29(40)38-19-23-24-8-7-14-30(24,3)15-13-25(23)31(4)26(16-22(39)17-28(31)38)20-9-11-21(12-10-20)33(34,35)36/h9-12,17,23-27H,5-8,13-16,18-19H2,1-4H3,(H,37,40)/t23-,24-,25-,26?,27?,30-,31-/m0/s1. The number of halogens is 3. The highest BCUT2D eigenvalue weighted by Crippen LogP contribution is 2.66. The maximum absolute atomic E-state index is 14.1. The summed E-state index contributed by atoms with van der Waals surface area (Å²) in [6.45, 7) is 9.58. The van der Waals surface area contributed by atoms with Crippen LogP contribution in [0.4, 0.5) is 18.0 Å². The Balaban J connectivity index is 1.41. The van der Waals surface area contributed by atoms with Crippen molar-refractivity contribution in [3.8, 4) is 0 Å². The smallest absolute Gasteiger partial charge is 0.334 e. The van der Waals surface area contributed by atoms with E-state index in [1.807, 2.05) is 4.90 Å². The van der Waals surface area contributed by atoms with Gasteiger partial charge in [-0.25, -0.2) is 4.79 Å². The number of benzene rings is 1. The van der Waals surface area contributed by atoms with Crippen LogP contribution in [0.15, 0.2) is 36.0 Å². The molecule has 0 radical (unpaired) electrons. The highest BCUT2D eigenvalue weighted by Gasteiger charge is 2.62. The molecule has 1 aromatic carbocycles. The topological polar surface area (TPSA) is 49.4 Å². The summed E-state index contributed by atoms with van der Waals surface area (Å²) in [5, 5.41) is 3.33. The SMILES string of the molecule is CCC1(CC)CC1NC(=O)N1C[C@H]2[C@@H]3CCC[C@@]3(C)CC[C@@H]2[C@]2(C)C1=CC(=O)CC2c1ccc(C(F)(F)F)cc1. The van der Waals surface area contributed by atoms with E-state index in [9.17, 15) is 22.8 Å². The number of urea groups is 1. The first kappa shape index (κ1) is 27.8. The number of nitrogens with one attached hydrogen (secondary N) is 1. The summed E-state index contributed by atoms with van der Waals surface area (Å²) < 4.78 is 40.2. The summed E-state index contributed by atoms with van der Waals surface area (Å²) in [4.78, 5) is 29.2. The molecule has 1 aromatic rings. The Kier molecular flexibility index (Phi) is 6.51. The van der Waals surface area contributed by atoms with Crippen LogP contribution < -0.4 is 5.32 Å². The molecule has 0 aromatic heterocycles. The summed E-state index contributed by atoms with van der Waals surface area (Å²) in [7, 11) is 0. The van der Waals surface area contributed by atoms with Crippen molar-refractivity contribution in [2.45, 2.75) is 104 Å². The molecule has 218 valence electrons. The van der Waals surface area contributed by atoms with Crippen LogP contribution in [0.5, 0.6) is 0 Å². The van der Waals surface area contributed by atoms with E-state index < -0.39 is 17.2 Å². The molecule has 2 unspecified atom stereocenters. The van der Waals surface area contributed by atoms with Crippen molar-refractivity contribution in [1.82, 2.24) is 10.2 Å². The van der Waals surface area contributed by atoms with Gasteiger partial charge in [-0.15, -0.1) is 0 Å². The molecule has 1 heterocycles. The molecular weight excluding hydrogens is 513 g/mol. The monoisotopic (exact) mass is 556 g/mol. The molecule has 7 atom stereocenters. The van der Waals surface area contributed by atoms with E-state index in [1.165, 1.54) is 12.8 Å². The van der Waals surface area contributed by atoms with Crippen LogP contribution in [-0.4, -0.2) is 29.3 Å². The fourth-order valence-electron chi connectivity index (χ4n) is 9.74. The zero-order valence-corrected chi connectivity index (χ0v) is 24.2. The van der Waals surface area contributed by atoms with Gasteiger partial charge in [0, 0.05) is 42.1 Å². The van der Waals surface area contributed by atoms with Gasteiger partial charge in [-0.2, -0.15) is 13.2 Å². The lowest BCUT2D eigenvalue weighted by Crippen LogP contribution is -2.61. The molecule has 2 amide bonds. The fourth-order valence-corrected chi connectivity index (χ4v) is 9.74. The van der Waals surface area contributed by atoms with Crippen molar-refractivity contribution in [2.24, 2.45) is 34.0 Å². The predicted molar refractivity (Wildman–Crippen MR) is 148 cm³/mol. The van der Waals surface area contributed by atoms with Gasteiger partial charge in [0.25, 0.3) is 0 Å². The zero-order valence-electron chi connectivity index (χ0n) is 24.2. The molecule has 0 bridgehead atoms. The molecule has 6 rings (SSSR count). The van der Waals surface area contributed by atoms with E-state index >= 15 is 0 Å². The largest absolute Gasteiger partial charge is 0.416 e. The predicted octanol–water partition coefficient (Wildman–Crippen LogP) is 8.09. The first-order valence-electron chi connectivity index (χ1n) is 15.4. The van der Waals surface area contributed by atoms with E-state index in [0.29, 0.717) is 18.4 Å². The van der Waals surface area contributed by atoms with Crippen molar-refractivity contribution in [3.63, 3.8) is 0 Å². The lowest BCUT2D eigenvalue weighted by atomic mass is 9.47. The molecule has 4 fully saturated rings. The van der Waals surface area contributed by atoms with Crippen LogP contribution in [0.2, 0.25) is 0 Å². The Labute approximate surface area is 236 Å². The van der Waals surface area contributed by atoms with Crippen molar-refractivity contribution >= 4 is 11.8 Å². The van der Waals surface area contributed by atoms with Crippen LogP contribution in [0.25, 0.3) is 0 Å². The van der Waals surface area contributed by atoms with Crippen molar-refractivity contribution < 1.29 is 22.8 Å². The van der Waals surface area contributed by atoms with Gasteiger partial charge >= 0.3 is 12.2 Å². The minimum Gasteiger partial charge on any atom is -0.334 e. The second kappa shape index (κ2) is 9.35. The molecule has 0 spiro atoms. The number of hydrogen-bond acceptors (Lipinski definition) is 2. The van der Waals surface area contributed by atoms with E-state index in [1.54, 1.807) is 18.2 Å². The maximum atomic E-state index is 14.1. The van der Waals surface area contributed by atoms with E-state index in [-0.39, 0.29) is 46.9 Å². The molecule has 7 heteroatoms. The Morgan fingerprint density at radius 1 is 1.05 bits per heavy atom. The third-order valence-electron chi connectivity index (χ3n) is 12.4. The molecule has 1 aliphatic heterocycles. The molecule has 1 N–H and O–H groups in total. The van der Waals surface area contributed by atoms with Crippen LogP contribution >= 0.6 is 0 Å². The Morgan fingerprint density at radius 2 is 1.75 bits per heavy atom. The summed E-state index contributed by atoms with van der Waals surface area (Å²) in [5.41, 5.74) is 0.757. The summed E-state index contributed by atoms with van der Waals surface area (Å²) in [5.74, 6) is 0.754. The number of nitrogens with zero attached hydrogens (tertiary/aromatic N) is 1. The second-order valence-electron chi connectivity index (χ2n) is 14.0. The second-order valence-corrected chi connectivity index (χ2v) is 14.0. The summed E-state index contributed by atoms with van der Waals surface area (Å²) in [6, 6.07) is 5.44. The van der Waals surface area contributed by atoms with Gasteiger partial charge < -0.3 is 5.32 Å². The van der Waals surface area contributed by atoms with Crippen LogP contribution in [0.1, 0.15) is 103 Å². The summed E-state index contributed by atoms with van der Waals surface area (Å²) >= 11 is 0. The van der Waals surface area contributed by atoms with E-state index in [4.69, 9.17) is 0 Å². The number of alkyl halides is 3. The molecule has 3 saturated carbocycles. The molecule has 5 aliphatic rings. The number of carbonyl (C=O) groups is 2. The number of amides is 2. The Morgan fingerprint density at radius 3 is 2.38 bits per heavy atom. The third-order valence-corrected chi connectivity index (χ3v) is 12.4. The molecular formula is C33H43F3N2O2. The normalized spacial score (nSPS) is 38.2. The first-order chi connectivity index (χ1) is 18.9. The number of rotatable bonds is 4. The zero-order chi connectivity index (χ0) is 28.7.